The van der Waals surface area contributed by atoms with Crippen LogP contribution in [0.4, 0.5) is 19.0 Å². The van der Waals surface area contributed by atoms with Gasteiger partial charge in [-0.2, -0.15) is 0 Å². The Labute approximate surface area is 199 Å². The number of carboxylic acids is 1. The number of rotatable bonds is 9. The molecule has 1 saturated heterocycles. The van der Waals surface area contributed by atoms with Crippen LogP contribution in [0.3, 0.4) is 0 Å². The maximum Gasteiger partial charge on any atom is 0.573 e. The Kier molecular flexibility index (Phi) is 6.83. The number of aliphatic carboxylic acids is 1. The van der Waals surface area contributed by atoms with Crippen molar-refractivity contribution < 1.29 is 37.3 Å². The average Bonchev–Trinajstić information content (AvgIpc) is 2.79. The first-order chi connectivity index (χ1) is 16.7. The minimum atomic E-state index is -4.75. The molecule has 184 valence electrons. The summed E-state index contributed by atoms with van der Waals surface area (Å²) >= 11 is 0. The summed E-state index contributed by atoms with van der Waals surface area (Å²) in [6.07, 6.45) is -3.15. The zero-order chi connectivity index (χ0) is 25.1. The van der Waals surface area contributed by atoms with Crippen LogP contribution in [0.1, 0.15) is 17.5 Å². The van der Waals surface area contributed by atoms with Crippen molar-refractivity contribution in [1.29, 1.82) is 0 Å². The van der Waals surface area contributed by atoms with Crippen molar-refractivity contribution in [2.24, 2.45) is 0 Å². The maximum absolute atomic E-state index is 12.4. The number of carbonyl (C=O) groups is 1. The Morgan fingerprint density at radius 3 is 2.51 bits per heavy atom. The summed E-state index contributed by atoms with van der Waals surface area (Å²) in [7, 11) is 1.54. The van der Waals surface area contributed by atoms with E-state index in [4.69, 9.17) is 9.47 Å². The molecule has 10 heteroatoms. The van der Waals surface area contributed by atoms with Gasteiger partial charge >= 0.3 is 12.3 Å². The molecule has 2 N–H and O–H groups in total. The van der Waals surface area contributed by atoms with Crippen molar-refractivity contribution in [2.45, 2.75) is 24.7 Å². The Morgan fingerprint density at radius 2 is 1.91 bits per heavy atom. The summed E-state index contributed by atoms with van der Waals surface area (Å²) in [6.45, 7) is 0.858. The van der Waals surface area contributed by atoms with Crippen LogP contribution in [0.2, 0.25) is 0 Å². The van der Waals surface area contributed by atoms with Crippen LogP contribution in [0, 0.1) is 0 Å². The van der Waals surface area contributed by atoms with E-state index < -0.39 is 17.7 Å². The number of hydrogen-bond donors (Lipinski definition) is 2. The SMILES string of the molecule is COc1ccc(-c2ccc(NCc3cccc(OC(F)(F)F)c3)nc2)cc1C1(CC(=O)O)COC1. The monoisotopic (exact) mass is 488 g/mol. The molecule has 3 aromatic rings. The van der Waals surface area contributed by atoms with E-state index in [2.05, 4.69) is 15.0 Å². The molecule has 0 unspecified atom stereocenters. The molecule has 1 fully saturated rings. The quantitative estimate of drug-likeness (QED) is 0.438. The first kappa shape index (κ1) is 24.3. The summed E-state index contributed by atoms with van der Waals surface area (Å²) < 4.78 is 52.1. The molecular weight excluding hydrogens is 465 g/mol. The van der Waals surface area contributed by atoms with Crippen LogP contribution < -0.4 is 14.8 Å². The van der Waals surface area contributed by atoms with Gasteiger partial charge in [0.05, 0.1) is 32.2 Å². The third-order valence-corrected chi connectivity index (χ3v) is 5.72. The summed E-state index contributed by atoms with van der Waals surface area (Å²) in [6, 6.07) is 14.9. The second-order valence-electron chi connectivity index (χ2n) is 8.24. The average molecular weight is 488 g/mol. The minimum absolute atomic E-state index is 0.0663. The zero-order valence-electron chi connectivity index (χ0n) is 18.8. The van der Waals surface area contributed by atoms with Gasteiger partial charge in [0.25, 0.3) is 0 Å². The molecule has 0 bridgehead atoms. The van der Waals surface area contributed by atoms with Crippen LogP contribution in [-0.4, -0.2) is 42.7 Å². The van der Waals surface area contributed by atoms with E-state index in [0.717, 1.165) is 16.7 Å². The van der Waals surface area contributed by atoms with Gasteiger partial charge in [-0.15, -0.1) is 13.2 Å². The van der Waals surface area contributed by atoms with Crippen molar-refractivity contribution >= 4 is 11.8 Å². The lowest BCUT2D eigenvalue weighted by Gasteiger charge is -2.41. The molecule has 0 saturated carbocycles. The number of benzene rings is 2. The fourth-order valence-electron chi connectivity index (χ4n) is 4.01. The summed E-state index contributed by atoms with van der Waals surface area (Å²) in [5.41, 5.74) is 2.38. The number of halogens is 3. The van der Waals surface area contributed by atoms with Crippen LogP contribution >= 0.6 is 0 Å². The lowest BCUT2D eigenvalue weighted by molar-refractivity contribution is -0.274. The standard InChI is InChI=1S/C25H23F3N2O5/c1-33-21-7-5-17(10-20(21)24(11-23(31)32)14-34-15-24)18-6-8-22(30-13-18)29-12-16-3-2-4-19(9-16)35-25(26,27)28/h2-10,13H,11-12,14-15H2,1H3,(H,29,30)(H,31,32). The molecule has 2 aromatic carbocycles. The van der Waals surface area contributed by atoms with E-state index in [1.807, 2.05) is 18.2 Å². The van der Waals surface area contributed by atoms with Crippen LogP contribution in [-0.2, 0) is 21.5 Å². The molecule has 1 aliphatic rings. The van der Waals surface area contributed by atoms with E-state index in [9.17, 15) is 23.1 Å². The Hall–Kier alpha value is -3.79. The van der Waals surface area contributed by atoms with Gasteiger partial charge in [-0.1, -0.05) is 18.2 Å². The molecule has 1 aromatic heterocycles. The lowest BCUT2D eigenvalue weighted by Crippen LogP contribution is -2.48. The van der Waals surface area contributed by atoms with Crippen molar-refractivity contribution in [3.8, 4) is 22.6 Å². The summed E-state index contributed by atoms with van der Waals surface area (Å²) in [4.78, 5) is 15.8. The minimum Gasteiger partial charge on any atom is -0.496 e. The second-order valence-corrected chi connectivity index (χ2v) is 8.24. The third kappa shape index (κ3) is 5.83. The van der Waals surface area contributed by atoms with Crippen LogP contribution in [0.15, 0.2) is 60.8 Å². The largest absolute Gasteiger partial charge is 0.573 e. The highest BCUT2D eigenvalue weighted by Gasteiger charge is 2.44. The number of nitrogens with zero attached hydrogens (tertiary/aromatic N) is 1. The third-order valence-electron chi connectivity index (χ3n) is 5.72. The van der Waals surface area contributed by atoms with Crippen molar-refractivity contribution in [3.05, 3.63) is 71.9 Å². The van der Waals surface area contributed by atoms with E-state index in [1.54, 1.807) is 31.5 Å². The number of ether oxygens (including phenoxy) is 3. The van der Waals surface area contributed by atoms with Crippen LogP contribution in [0.25, 0.3) is 11.1 Å². The summed E-state index contributed by atoms with van der Waals surface area (Å²) in [5, 5.41) is 12.5. The Morgan fingerprint density at radius 1 is 1.14 bits per heavy atom. The normalized spacial score (nSPS) is 14.6. The van der Waals surface area contributed by atoms with Gasteiger partial charge in [-0.25, -0.2) is 4.98 Å². The Balaban J connectivity index is 1.48. The van der Waals surface area contributed by atoms with Crippen molar-refractivity contribution in [2.75, 3.05) is 25.6 Å². The zero-order valence-corrected chi connectivity index (χ0v) is 18.8. The van der Waals surface area contributed by atoms with E-state index in [1.165, 1.54) is 18.2 Å². The molecule has 4 rings (SSSR count). The smallest absolute Gasteiger partial charge is 0.496 e. The topological polar surface area (TPSA) is 89.9 Å². The predicted octanol–water partition coefficient (Wildman–Crippen LogP) is 5.01. The number of hydrogen-bond acceptors (Lipinski definition) is 6. The summed E-state index contributed by atoms with van der Waals surface area (Å²) in [5.74, 6) is -0.0537. The van der Waals surface area contributed by atoms with Crippen LogP contribution in [0.5, 0.6) is 11.5 Å². The highest BCUT2D eigenvalue weighted by Crippen LogP contribution is 2.42. The number of pyridine rings is 1. The van der Waals surface area contributed by atoms with Gasteiger partial charge in [0.1, 0.15) is 17.3 Å². The van der Waals surface area contributed by atoms with Gasteiger partial charge in [0.15, 0.2) is 0 Å². The van der Waals surface area contributed by atoms with Gasteiger partial charge in [0, 0.05) is 23.9 Å². The van der Waals surface area contributed by atoms with E-state index in [0.29, 0.717) is 30.3 Å². The molecule has 1 aliphatic heterocycles. The molecular formula is C25H23F3N2O5. The fraction of sp³-hybridized carbons (Fsp3) is 0.280. The molecule has 2 heterocycles. The van der Waals surface area contributed by atoms with E-state index >= 15 is 0 Å². The highest BCUT2D eigenvalue weighted by molar-refractivity contribution is 5.72. The van der Waals surface area contributed by atoms with Crippen molar-refractivity contribution in [1.82, 2.24) is 4.98 Å². The number of carboxylic acid groups (broad SMARTS) is 1. The molecule has 35 heavy (non-hydrogen) atoms. The van der Waals surface area contributed by atoms with Gasteiger partial charge < -0.3 is 24.6 Å². The predicted molar refractivity (Wildman–Crippen MR) is 121 cm³/mol. The number of aromatic nitrogens is 1. The van der Waals surface area contributed by atoms with Crippen molar-refractivity contribution in [3.63, 3.8) is 0 Å². The maximum atomic E-state index is 12.4. The second kappa shape index (κ2) is 9.83. The highest BCUT2D eigenvalue weighted by atomic mass is 19.4. The fourth-order valence-corrected chi connectivity index (χ4v) is 4.01. The molecule has 0 amide bonds. The molecule has 0 radical (unpaired) electrons. The first-order valence-electron chi connectivity index (χ1n) is 10.7. The first-order valence-corrected chi connectivity index (χ1v) is 10.7. The van der Waals surface area contributed by atoms with Gasteiger partial charge in [-0.3, -0.25) is 4.79 Å². The number of methoxy groups -OCH3 is 1. The number of anilines is 1. The van der Waals surface area contributed by atoms with Gasteiger partial charge in [-0.05, 0) is 47.5 Å². The molecule has 0 atom stereocenters. The van der Waals surface area contributed by atoms with Gasteiger partial charge in [0.2, 0.25) is 0 Å². The Bertz CT molecular complexity index is 1190. The van der Waals surface area contributed by atoms with E-state index in [-0.39, 0.29) is 18.7 Å². The number of nitrogens with one attached hydrogen (secondary N) is 1. The molecule has 0 aliphatic carbocycles. The molecule has 7 nitrogen and oxygen atoms in total. The number of alkyl halides is 3. The lowest BCUT2D eigenvalue weighted by atomic mass is 9.74. The molecule has 0 spiro atoms.